The second-order valence-corrected chi connectivity index (χ2v) is 5.48. The minimum Gasteiger partial charge on any atom is -0.378 e. The first kappa shape index (κ1) is 14.7. The van der Waals surface area contributed by atoms with Crippen molar-refractivity contribution in [1.29, 1.82) is 0 Å². The van der Waals surface area contributed by atoms with Crippen molar-refractivity contribution < 1.29 is 9.53 Å². The van der Waals surface area contributed by atoms with Gasteiger partial charge >= 0.3 is 0 Å². The highest BCUT2D eigenvalue weighted by Crippen LogP contribution is 2.15. The Labute approximate surface area is 129 Å². The summed E-state index contributed by atoms with van der Waals surface area (Å²) in [6, 6.07) is 8.04. The second-order valence-electron chi connectivity index (χ2n) is 5.48. The lowest BCUT2D eigenvalue weighted by atomic mass is 10.1. The molecule has 1 N–H and O–H groups in total. The zero-order chi connectivity index (χ0) is 15.2. The summed E-state index contributed by atoms with van der Waals surface area (Å²) < 4.78 is 7.26. The van der Waals surface area contributed by atoms with E-state index in [2.05, 4.69) is 15.4 Å². The molecule has 3 rings (SSSR count). The van der Waals surface area contributed by atoms with Crippen molar-refractivity contribution in [1.82, 2.24) is 20.1 Å². The van der Waals surface area contributed by atoms with Gasteiger partial charge in [0.15, 0.2) is 0 Å². The standard InChI is InChI=1S/C16H20N4O2/c21-16(8-15-6-3-7-22-15)18-9-13-4-1-2-5-14(13)10-20-12-17-11-19-20/h1-2,4-5,11-12,15H,3,6-10H2,(H,18,21)/t15-/m1/s1. The summed E-state index contributed by atoms with van der Waals surface area (Å²) >= 11 is 0. The number of ether oxygens (including phenoxy) is 1. The fraction of sp³-hybridized carbons (Fsp3) is 0.438. The van der Waals surface area contributed by atoms with Crippen LogP contribution in [0.1, 0.15) is 30.4 Å². The number of nitrogens with zero attached hydrogens (tertiary/aromatic N) is 3. The van der Waals surface area contributed by atoms with Gasteiger partial charge in [0.05, 0.1) is 19.1 Å². The van der Waals surface area contributed by atoms with Gasteiger partial charge in [-0.2, -0.15) is 5.10 Å². The molecule has 1 amide bonds. The van der Waals surface area contributed by atoms with E-state index in [1.54, 1.807) is 11.0 Å². The summed E-state index contributed by atoms with van der Waals surface area (Å²) in [4.78, 5) is 15.9. The first-order valence-electron chi connectivity index (χ1n) is 7.59. The van der Waals surface area contributed by atoms with Crippen LogP contribution >= 0.6 is 0 Å². The van der Waals surface area contributed by atoms with Crippen LogP contribution in [0, 0.1) is 0 Å². The van der Waals surface area contributed by atoms with E-state index in [1.807, 2.05) is 24.3 Å². The number of benzene rings is 1. The third-order valence-electron chi connectivity index (χ3n) is 3.83. The third-order valence-corrected chi connectivity index (χ3v) is 3.83. The number of rotatable bonds is 6. The maximum absolute atomic E-state index is 12.0. The first-order valence-corrected chi connectivity index (χ1v) is 7.59. The Bertz CT molecular complexity index is 606. The van der Waals surface area contributed by atoms with Crippen LogP contribution in [0.15, 0.2) is 36.9 Å². The third kappa shape index (κ3) is 3.92. The number of carbonyl (C=O) groups excluding carboxylic acids is 1. The van der Waals surface area contributed by atoms with Gasteiger partial charge in [-0.3, -0.25) is 4.79 Å². The number of hydrogen-bond donors (Lipinski definition) is 1. The number of amides is 1. The van der Waals surface area contributed by atoms with Gasteiger partial charge in [0.2, 0.25) is 5.91 Å². The predicted molar refractivity (Wildman–Crippen MR) is 81.0 cm³/mol. The molecule has 0 bridgehead atoms. The Morgan fingerprint density at radius 1 is 1.36 bits per heavy atom. The van der Waals surface area contributed by atoms with Crippen molar-refractivity contribution >= 4 is 5.91 Å². The lowest BCUT2D eigenvalue weighted by Gasteiger charge is -2.12. The lowest BCUT2D eigenvalue weighted by Crippen LogP contribution is -2.27. The van der Waals surface area contributed by atoms with E-state index in [9.17, 15) is 4.79 Å². The Kier molecular flexibility index (Phi) is 4.80. The molecular formula is C16H20N4O2. The van der Waals surface area contributed by atoms with Crippen molar-refractivity contribution in [2.24, 2.45) is 0 Å². The monoisotopic (exact) mass is 300 g/mol. The van der Waals surface area contributed by atoms with Crippen LogP contribution < -0.4 is 5.32 Å². The number of nitrogens with one attached hydrogen (secondary N) is 1. The fourth-order valence-corrected chi connectivity index (χ4v) is 2.65. The van der Waals surface area contributed by atoms with Crippen molar-refractivity contribution in [3.05, 3.63) is 48.0 Å². The summed E-state index contributed by atoms with van der Waals surface area (Å²) in [6.45, 7) is 1.95. The highest BCUT2D eigenvalue weighted by Gasteiger charge is 2.18. The molecule has 1 fully saturated rings. The Hall–Kier alpha value is -2.21. The maximum Gasteiger partial charge on any atom is 0.222 e. The molecule has 6 nitrogen and oxygen atoms in total. The van der Waals surface area contributed by atoms with E-state index in [0.717, 1.165) is 30.6 Å². The van der Waals surface area contributed by atoms with Gasteiger partial charge in [-0.1, -0.05) is 24.3 Å². The maximum atomic E-state index is 12.0. The minimum atomic E-state index is 0.0439. The lowest BCUT2D eigenvalue weighted by molar-refractivity contribution is -0.123. The van der Waals surface area contributed by atoms with Crippen LogP contribution in [0.3, 0.4) is 0 Å². The van der Waals surface area contributed by atoms with Crippen LogP contribution in [0.4, 0.5) is 0 Å². The molecule has 22 heavy (non-hydrogen) atoms. The number of hydrogen-bond acceptors (Lipinski definition) is 4. The Balaban J connectivity index is 1.56. The van der Waals surface area contributed by atoms with Crippen LogP contribution in [-0.4, -0.2) is 33.4 Å². The molecule has 0 aliphatic carbocycles. The van der Waals surface area contributed by atoms with Crippen LogP contribution in [-0.2, 0) is 22.6 Å². The van der Waals surface area contributed by atoms with Crippen molar-refractivity contribution in [3.8, 4) is 0 Å². The zero-order valence-corrected chi connectivity index (χ0v) is 12.4. The average molecular weight is 300 g/mol. The molecule has 0 unspecified atom stereocenters. The summed E-state index contributed by atoms with van der Waals surface area (Å²) in [6.07, 6.45) is 5.78. The van der Waals surface area contributed by atoms with E-state index in [1.165, 1.54) is 6.33 Å². The van der Waals surface area contributed by atoms with Crippen LogP contribution in [0.2, 0.25) is 0 Å². The fourth-order valence-electron chi connectivity index (χ4n) is 2.65. The molecule has 0 saturated carbocycles. The van der Waals surface area contributed by atoms with Gasteiger partial charge in [-0.25, -0.2) is 9.67 Å². The van der Waals surface area contributed by atoms with Gasteiger partial charge in [-0.15, -0.1) is 0 Å². The van der Waals surface area contributed by atoms with E-state index in [4.69, 9.17) is 4.74 Å². The molecule has 116 valence electrons. The highest BCUT2D eigenvalue weighted by atomic mass is 16.5. The molecule has 6 heteroatoms. The molecule has 1 saturated heterocycles. The smallest absolute Gasteiger partial charge is 0.222 e. The van der Waals surface area contributed by atoms with Gasteiger partial charge in [0.25, 0.3) is 0 Å². The number of carbonyl (C=O) groups is 1. The van der Waals surface area contributed by atoms with E-state index < -0.39 is 0 Å². The topological polar surface area (TPSA) is 69.0 Å². The largest absolute Gasteiger partial charge is 0.378 e. The SMILES string of the molecule is O=C(C[C@H]1CCCO1)NCc1ccccc1Cn1cncn1. The second kappa shape index (κ2) is 7.17. The van der Waals surface area contributed by atoms with Crippen LogP contribution in [0.5, 0.6) is 0 Å². The van der Waals surface area contributed by atoms with Crippen LogP contribution in [0.25, 0.3) is 0 Å². The van der Waals surface area contributed by atoms with Crippen molar-refractivity contribution in [2.75, 3.05) is 6.61 Å². The molecule has 0 spiro atoms. The van der Waals surface area contributed by atoms with Gasteiger partial charge in [0.1, 0.15) is 12.7 Å². The zero-order valence-electron chi connectivity index (χ0n) is 12.4. The summed E-state index contributed by atoms with van der Waals surface area (Å²) in [7, 11) is 0. The summed E-state index contributed by atoms with van der Waals surface area (Å²) in [5, 5.41) is 7.10. The average Bonchev–Trinajstić information content (AvgIpc) is 3.20. The molecule has 2 aromatic rings. The quantitative estimate of drug-likeness (QED) is 0.878. The molecule has 1 aromatic heterocycles. The summed E-state index contributed by atoms with van der Waals surface area (Å²) in [5.41, 5.74) is 2.23. The van der Waals surface area contributed by atoms with E-state index >= 15 is 0 Å². The normalized spacial score (nSPS) is 17.5. The van der Waals surface area contributed by atoms with E-state index in [-0.39, 0.29) is 12.0 Å². The Morgan fingerprint density at radius 3 is 2.95 bits per heavy atom. The minimum absolute atomic E-state index is 0.0439. The van der Waals surface area contributed by atoms with Crippen molar-refractivity contribution in [3.63, 3.8) is 0 Å². The van der Waals surface area contributed by atoms with Gasteiger partial charge < -0.3 is 10.1 Å². The molecule has 2 heterocycles. The molecule has 0 radical (unpaired) electrons. The molecular weight excluding hydrogens is 280 g/mol. The van der Waals surface area contributed by atoms with E-state index in [0.29, 0.717) is 19.5 Å². The Morgan fingerprint density at radius 2 is 2.23 bits per heavy atom. The predicted octanol–water partition coefficient (Wildman–Crippen LogP) is 1.51. The van der Waals surface area contributed by atoms with Gasteiger partial charge in [0, 0.05) is 13.2 Å². The van der Waals surface area contributed by atoms with Crippen molar-refractivity contribution in [2.45, 2.75) is 38.5 Å². The molecule has 1 atom stereocenters. The molecule has 1 aromatic carbocycles. The highest BCUT2D eigenvalue weighted by molar-refractivity contribution is 5.76. The molecule has 1 aliphatic heterocycles. The van der Waals surface area contributed by atoms with Gasteiger partial charge in [-0.05, 0) is 24.0 Å². The summed E-state index contributed by atoms with van der Waals surface area (Å²) in [5.74, 6) is 0.0439. The first-order chi connectivity index (χ1) is 10.8. The molecule has 1 aliphatic rings. The number of aromatic nitrogens is 3.